The molecule has 0 radical (unpaired) electrons. The maximum Gasteiger partial charge on any atom is 0.224 e. The summed E-state index contributed by atoms with van der Waals surface area (Å²) in [7, 11) is 0. The molecule has 0 aromatic heterocycles. The number of halogens is 1. The molecule has 2 rings (SSSR count). The van der Waals surface area contributed by atoms with Crippen LogP contribution in [0.1, 0.15) is 23.1 Å². The first-order chi connectivity index (χ1) is 9.67. The summed E-state index contributed by atoms with van der Waals surface area (Å²) in [4.78, 5) is 11.9. The smallest absolute Gasteiger partial charge is 0.224 e. The highest BCUT2D eigenvalue weighted by molar-refractivity contribution is 9.08. The van der Waals surface area contributed by atoms with E-state index in [0.29, 0.717) is 6.42 Å². The van der Waals surface area contributed by atoms with Gasteiger partial charge >= 0.3 is 0 Å². The number of hydrogen-bond acceptors (Lipinski definition) is 1. The van der Waals surface area contributed by atoms with Gasteiger partial charge in [0, 0.05) is 17.4 Å². The van der Waals surface area contributed by atoms with E-state index in [1.54, 1.807) is 0 Å². The van der Waals surface area contributed by atoms with Crippen LogP contribution in [-0.4, -0.2) is 5.91 Å². The molecular formula is C17H18BrNO. The molecule has 1 amide bonds. The standard InChI is InChI=1S/C17H18BrNO/c1-13-5-7-14(8-6-13)9-10-17(20)19-16-4-2-3-15(11-16)12-18/h2-8,11H,9-10,12H2,1H3,(H,19,20). The number of benzene rings is 2. The molecule has 0 heterocycles. The van der Waals surface area contributed by atoms with Crippen LogP contribution < -0.4 is 5.32 Å². The summed E-state index contributed by atoms with van der Waals surface area (Å²) in [6.45, 7) is 2.06. The molecule has 104 valence electrons. The number of amides is 1. The molecule has 0 aliphatic heterocycles. The van der Waals surface area contributed by atoms with E-state index >= 15 is 0 Å². The molecule has 0 saturated heterocycles. The third-order valence-electron chi connectivity index (χ3n) is 3.13. The molecule has 0 atom stereocenters. The van der Waals surface area contributed by atoms with Gasteiger partial charge in [0.05, 0.1) is 0 Å². The Hall–Kier alpha value is -1.61. The molecule has 0 aliphatic rings. The second-order valence-electron chi connectivity index (χ2n) is 4.87. The highest BCUT2D eigenvalue weighted by atomic mass is 79.9. The van der Waals surface area contributed by atoms with Gasteiger partial charge in [0.1, 0.15) is 0 Å². The molecule has 0 saturated carbocycles. The summed E-state index contributed by atoms with van der Waals surface area (Å²) in [5.74, 6) is 0.0531. The van der Waals surface area contributed by atoms with Crippen molar-refractivity contribution in [2.75, 3.05) is 5.32 Å². The molecule has 20 heavy (non-hydrogen) atoms. The van der Waals surface area contributed by atoms with Crippen molar-refractivity contribution in [1.29, 1.82) is 0 Å². The van der Waals surface area contributed by atoms with E-state index in [2.05, 4.69) is 52.4 Å². The summed E-state index contributed by atoms with van der Waals surface area (Å²) in [6.07, 6.45) is 1.27. The minimum atomic E-state index is 0.0531. The van der Waals surface area contributed by atoms with E-state index in [-0.39, 0.29) is 5.91 Å². The van der Waals surface area contributed by atoms with E-state index in [4.69, 9.17) is 0 Å². The zero-order valence-electron chi connectivity index (χ0n) is 11.5. The fraction of sp³-hybridized carbons (Fsp3) is 0.235. The number of anilines is 1. The summed E-state index contributed by atoms with van der Waals surface area (Å²) in [5.41, 5.74) is 4.45. The first-order valence-corrected chi connectivity index (χ1v) is 7.80. The lowest BCUT2D eigenvalue weighted by atomic mass is 10.1. The SMILES string of the molecule is Cc1ccc(CCC(=O)Nc2cccc(CBr)c2)cc1. The van der Waals surface area contributed by atoms with Crippen molar-refractivity contribution in [3.05, 3.63) is 65.2 Å². The summed E-state index contributed by atoms with van der Waals surface area (Å²) in [5, 5.41) is 3.73. The molecule has 0 bridgehead atoms. The maximum absolute atomic E-state index is 11.9. The number of hydrogen-bond donors (Lipinski definition) is 1. The molecule has 2 nitrogen and oxygen atoms in total. The number of nitrogens with one attached hydrogen (secondary N) is 1. The zero-order chi connectivity index (χ0) is 14.4. The highest BCUT2D eigenvalue weighted by Gasteiger charge is 2.03. The summed E-state index contributed by atoms with van der Waals surface area (Å²) < 4.78 is 0. The molecule has 0 spiro atoms. The topological polar surface area (TPSA) is 29.1 Å². The van der Waals surface area contributed by atoms with Crippen molar-refractivity contribution in [2.45, 2.75) is 25.1 Å². The van der Waals surface area contributed by atoms with Crippen molar-refractivity contribution >= 4 is 27.5 Å². The van der Waals surface area contributed by atoms with Crippen LogP contribution in [0, 0.1) is 6.92 Å². The molecule has 2 aromatic carbocycles. The van der Waals surface area contributed by atoms with Crippen LogP contribution in [-0.2, 0) is 16.5 Å². The third kappa shape index (κ3) is 4.49. The molecule has 0 fully saturated rings. The number of carbonyl (C=O) groups is 1. The Balaban J connectivity index is 1.87. The monoisotopic (exact) mass is 331 g/mol. The molecule has 2 aromatic rings. The van der Waals surface area contributed by atoms with Crippen LogP contribution in [0.5, 0.6) is 0 Å². The van der Waals surface area contributed by atoms with Crippen LogP contribution >= 0.6 is 15.9 Å². The van der Waals surface area contributed by atoms with E-state index in [1.165, 1.54) is 11.1 Å². The van der Waals surface area contributed by atoms with Crippen molar-refractivity contribution in [2.24, 2.45) is 0 Å². The Morgan fingerprint density at radius 2 is 1.85 bits per heavy atom. The van der Waals surface area contributed by atoms with Gasteiger partial charge < -0.3 is 5.32 Å². The highest BCUT2D eigenvalue weighted by Crippen LogP contribution is 2.14. The van der Waals surface area contributed by atoms with Gasteiger partial charge in [-0.1, -0.05) is 57.9 Å². The number of carbonyl (C=O) groups excluding carboxylic acids is 1. The van der Waals surface area contributed by atoms with Gasteiger partial charge in [0.15, 0.2) is 0 Å². The van der Waals surface area contributed by atoms with E-state index in [1.807, 2.05) is 24.3 Å². The van der Waals surface area contributed by atoms with Crippen LogP contribution in [0.4, 0.5) is 5.69 Å². The Labute approximate surface area is 128 Å². The van der Waals surface area contributed by atoms with Crippen LogP contribution in [0.3, 0.4) is 0 Å². The van der Waals surface area contributed by atoms with E-state index < -0.39 is 0 Å². The van der Waals surface area contributed by atoms with Gasteiger partial charge in [0.2, 0.25) is 5.91 Å². The summed E-state index contributed by atoms with van der Waals surface area (Å²) in [6, 6.07) is 16.2. The van der Waals surface area contributed by atoms with Gasteiger partial charge in [-0.2, -0.15) is 0 Å². The first-order valence-electron chi connectivity index (χ1n) is 6.67. The van der Waals surface area contributed by atoms with Crippen LogP contribution in [0.25, 0.3) is 0 Å². The van der Waals surface area contributed by atoms with Crippen LogP contribution in [0.15, 0.2) is 48.5 Å². The van der Waals surface area contributed by atoms with Gasteiger partial charge in [-0.05, 0) is 36.6 Å². The number of alkyl halides is 1. The second kappa shape index (κ2) is 7.25. The lowest BCUT2D eigenvalue weighted by molar-refractivity contribution is -0.116. The minimum absolute atomic E-state index is 0.0531. The fourth-order valence-corrected chi connectivity index (χ4v) is 2.32. The van der Waals surface area contributed by atoms with Gasteiger partial charge in [0.25, 0.3) is 0 Å². The van der Waals surface area contributed by atoms with Crippen LogP contribution in [0.2, 0.25) is 0 Å². The predicted octanol–water partition coefficient (Wildman–Crippen LogP) is 4.46. The van der Waals surface area contributed by atoms with Crippen molar-refractivity contribution in [3.63, 3.8) is 0 Å². The van der Waals surface area contributed by atoms with Crippen molar-refractivity contribution in [3.8, 4) is 0 Å². The Kier molecular flexibility index (Phi) is 5.36. The van der Waals surface area contributed by atoms with Gasteiger partial charge in [-0.15, -0.1) is 0 Å². The lowest BCUT2D eigenvalue weighted by Gasteiger charge is -2.07. The zero-order valence-corrected chi connectivity index (χ0v) is 13.1. The largest absolute Gasteiger partial charge is 0.326 e. The molecule has 0 unspecified atom stereocenters. The molecular weight excluding hydrogens is 314 g/mol. The minimum Gasteiger partial charge on any atom is -0.326 e. The number of rotatable bonds is 5. The normalized spacial score (nSPS) is 10.3. The van der Waals surface area contributed by atoms with E-state index in [9.17, 15) is 4.79 Å². The fourth-order valence-electron chi connectivity index (χ4n) is 1.97. The Morgan fingerprint density at radius 3 is 2.55 bits per heavy atom. The van der Waals surface area contributed by atoms with Gasteiger partial charge in [-0.25, -0.2) is 0 Å². The Morgan fingerprint density at radius 1 is 1.10 bits per heavy atom. The maximum atomic E-state index is 11.9. The molecule has 3 heteroatoms. The first kappa shape index (κ1) is 14.8. The molecule has 1 N–H and O–H groups in total. The van der Waals surface area contributed by atoms with E-state index in [0.717, 1.165) is 23.0 Å². The average Bonchev–Trinajstić information content (AvgIpc) is 2.47. The molecule has 0 aliphatic carbocycles. The summed E-state index contributed by atoms with van der Waals surface area (Å²) >= 11 is 3.41. The quantitative estimate of drug-likeness (QED) is 0.805. The lowest BCUT2D eigenvalue weighted by Crippen LogP contribution is -2.12. The second-order valence-corrected chi connectivity index (χ2v) is 5.43. The van der Waals surface area contributed by atoms with Crippen molar-refractivity contribution in [1.82, 2.24) is 0 Å². The third-order valence-corrected chi connectivity index (χ3v) is 3.77. The average molecular weight is 332 g/mol. The Bertz CT molecular complexity index is 578. The van der Waals surface area contributed by atoms with Gasteiger partial charge in [-0.3, -0.25) is 4.79 Å². The van der Waals surface area contributed by atoms with Crippen molar-refractivity contribution < 1.29 is 4.79 Å². The number of aryl methyl sites for hydroxylation is 2. The predicted molar refractivity (Wildman–Crippen MR) is 87.2 cm³/mol.